The Kier molecular flexibility index (Phi) is 8.48. The maximum atomic E-state index is 3.06. The summed E-state index contributed by atoms with van der Waals surface area (Å²) in [6.45, 7) is 10.3. The quantitative estimate of drug-likeness (QED) is 0.210. The second-order valence-corrected chi connectivity index (χ2v) is 7.21. The molecule has 4 aromatic carbocycles. The van der Waals surface area contributed by atoms with Gasteiger partial charge in [-0.1, -0.05) is 74.9 Å². The van der Waals surface area contributed by atoms with Gasteiger partial charge in [-0.05, 0) is 16.3 Å². The van der Waals surface area contributed by atoms with E-state index in [0.717, 1.165) is 0 Å². The molecule has 0 unspecified atom stereocenters. The van der Waals surface area contributed by atoms with Gasteiger partial charge in [0.1, 0.15) is 0 Å². The summed E-state index contributed by atoms with van der Waals surface area (Å²) >= 11 is 0. The molecule has 0 spiro atoms. The van der Waals surface area contributed by atoms with Crippen molar-refractivity contribution < 1.29 is 26.2 Å². The molecule has 0 aromatic heterocycles. The molecular formula is C28H28Zr. The number of fused-ring (bicyclic) bond motifs is 2. The van der Waals surface area contributed by atoms with E-state index < -0.39 is 0 Å². The van der Waals surface area contributed by atoms with Gasteiger partial charge in [0, 0.05) is 0 Å². The van der Waals surface area contributed by atoms with Crippen LogP contribution < -0.4 is 0 Å². The maximum Gasteiger partial charge on any atom is 2.00 e. The average molecular weight is 456 g/mol. The monoisotopic (exact) mass is 454 g/mol. The Labute approximate surface area is 194 Å². The van der Waals surface area contributed by atoms with E-state index >= 15 is 0 Å². The number of benzene rings is 3. The minimum Gasteiger partial charge on any atom is -0.275 e. The molecule has 4 rings (SSSR count). The van der Waals surface area contributed by atoms with Crippen molar-refractivity contribution in [2.45, 2.75) is 34.6 Å². The number of rotatable bonds is 2. The van der Waals surface area contributed by atoms with Crippen molar-refractivity contribution >= 4 is 21.5 Å². The van der Waals surface area contributed by atoms with Gasteiger partial charge < -0.3 is 0 Å². The standard InChI is InChI=1S/C20H15.C8H13.Zr/c1-14-12-16-8-5-11-19(20(16)13-14)18-10-4-7-15-6-2-3-9-17(15)18;1-5-7(3)8(4)6-2;/h2-13H,1H3;5H,1-4H3;/q2*-1;+2/b;7-5+;. The summed E-state index contributed by atoms with van der Waals surface area (Å²) < 4.78 is 0. The smallest absolute Gasteiger partial charge is 0.275 e. The summed E-state index contributed by atoms with van der Waals surface area (Å²) in [6.07, 6.45) is 5.15. The van der Waals surface area contributed by atoms with Crippen molar-refractivity contribution in [2.75, 3.05) is 0 Å². The molecule has 0 amide bonds. The van der Waals surface area contributed by atoms with Crippen molar-refractivity contribution in [2.24, 2.45) is 0 Å². The van der Waals surface area contributed by atoms with Crippen LogP contribution in [0.15, 0.2) is 90.0 Å². The SMILES string of the molecule is C[C-]=C(C)/C(C)=C/C.Cc1cc2c(-c3cccc4ccccc34)cccc2[cH-]1.[Zr+2]. The van der Waals surface area contributed by atoms with E-state index in [2.05, 4.69) is 106 Å². The first-order valence-electron chi connectivity index (χ1n) is 9.84. The molecule has 0 saturated carbocycles. The zero-order valence-corrected chi connectivity index (χ0v) is 20.5. The predicted octanol–water partition coefficient (Wildman–Crippen LogP) is 8.41. The van der Waals surface area contributed by atoms with Crippen molar-refractivity contribution in [1.82, 2.24) is 0 Å². The van der Waals surface area contributed by atoms with Gasteiger partial charge in [0.15, 0.2) is 0 Å². The van der Waals surface area contributed by atoms with Crippen molar-refractivity contribution in [1.29, 1.82) is 0 Å². The summed E-state index contributed by atoms with van der Waals surface area (Å²) in [7, 11) is 0. The van der Waals surface area contributed by atoms with Gasteiger partial charge in [-0.2, -0.15) is 12.1 Å². The number of hydrogen-bond donors (Lipinski definition) is 0. The number of aryl methyl sites for hydroxylation is 1. The number of allylic oxidation sites excluding steroid dienone is 4. The van der Waals surface area contributed by atoms with Crippen LogP contribution in [0.5, 0.6) is 0 Å². The molecule has 0 aliphatic heterocycles. The first-order valence-corrected chi connectivity index (χ1v) is 9.84. The van der Waals surface area contributed by atoms with Gasteiger partial charge in [0.05, 0.1) is 0 Å². The molecule has 144 valence electrons. The van der Waals surface area contributed by atoms with E-state index in [0.29, 0.717) is 0 Å². The summed E-state index contributed by atoms with van der Waals surface area (Å²) in [6, 6.07) is 26.2. The van der Waals surface area contributed by atoms with Crippen LogP contribution in [-0.4, -0.2) is 0 Å². The van der Waals surface area contributed by atoms with E-state index in [9.17, 15) is 0 Å². The van der Waals surface area contributed by atoms with Gasteiger partial charge in [0.2, 0.25) is 0 Å². The average Bonchev–Trinajstić information content (AvgIpc) is 3.12. The largest absolute Gasteiger partial charge is 2.00 e. The van der Waals surface area contributed by atoms with Crippen LogP contribution in [0.3, 0.4) is 0 Å². The van der Waals surface area contributed by atoms with Gasteiger partial charge in [0.25, 0.3) is 0 Å². The fourth-order valence-electron chi connectivity index (χ4n) is 3.49. The maximum absolute atomic E-state index is 3.06. The second kappa shape index (κ2) is 10.6. The summed E-state index contributed by atoms with van der Waals surface area (Å²) in [5.41, 5.74) is 6.53. The van der Waals surface area contributed by atoms with Crippen molar-refractivity contribution in [3.05, 3.63) is 102 Å². The molecule has 1 heteroatoms. The molecular weight excluding hydrogens is 428 g/mol. The van der Waals surface area contributed by atoms with Gasteiger partial charge >= 0.3 is 26.2 Å². The summed E-state index contributed by atoms with van der Waals surface area (Å²) in [5, 5.41) is 5.29. The predicted molar refractivity (Wildman–Crippen MR) is 125 cm³/mol. The topological polar surface area (TPSA) is 0 Å². The summed E-state index contributed by atoms with van der Waals surface area (Å²) in [5.74, 6) is 0. The Morgan fingerprint density at radius 2 is 1.48 bits per heavy atom. The molecule has 0 heterocycles. The van der Waals surface area contributed by atoms with Gasteiger partial charge in [-0.3, -0.25) is 6.08 Å². The van der Waals surface area contributed by atoms with E-state index in [-0.39, 0.29) is 26.2 Å². The molecule has 0 fully saturated rings. The first kappa shape index (κ1) is 23.2. The molecule has 29 heavy (non-hydrogen) atoms. The third-order valence-corrected chi connectivity index (χ3v) is 5.37. The van der Waals surface area contributed by atoms with Crippen LogP contribution in [0.2, 0.25) is 0 Å². The minimum absolute atomic E-state index is 0. The molecule has 0 saturated heterocycles. The zero-order valence-electron chi connectivity index (χ0n) is 18.0. The second-order valence-electron chi connectivity index (χ2n) is 7.21. The first-order chi connectivity index (χ1) is 13.5. The third kappa shape index (κ3) is 5.28. The van der Waals surface area contributed by atoms with Gasteiger partial charge in [-0.15, -0.1) is 48.4 Å². The molecule has 0 aliphatic rings. The molecule has 0 radical (unpaired) electrons. The van der Waals surface area contributed by atoms with E-state index in [4.69, 9.17) is 0 Å². The summed E-state index contributed by atoms with van der Waals surface area (Å²) in [4.78, 5) is 0. The van der Waals surface area contributed by atoms with Gasteiger partial charge in [-0.25, -0.2) is 11.1 Å². The normalized spacial score (nSPS) is 11.8. The fraction of sp³-hybridized carbons (Fsp3) is 0.179. The van der Waals surface area contributed by atoms with Crippen molar-refractivity contribution in [3.63, 3.8) is 0 Å². The Hall–Kier alpha value is -2.11. The van der Waals surface area contributed by atoms with E-state index in [1.807, 2.05) is 13.8 Å². The van der Waals surface area contributed by atoms with Crippen molar-refractivity contribution in [3.8, 4) is 11.1 Å². The Morgan fingerprint density at radius 1 is 0.862 bits per heavy atom. The third-order valence-electron chi connectivity index (χ3n) is 5.37. The van der Waals surface area contributed by atoms with E-state index in [1.165, 1.54) is 49.4 Å². The Balaban J connectivity index is 0.000000289. The zero-order chi connectivity index (χ0) is 20.1. The van der Waals surface area contributed by atoms with E-state index in [1.54, 1.807) is 0 Å². The number of hydrogen-bond acceptors (Lipinski definition) is 0. The van der Waals surface area contributed by atoms with Crippen LogP contribution in [0.1, 0.15) is 33.3 Å². The van der Waals surface area contributed by atoms with Crippen LogP contribution in [-0.2, 0) is 26.2 Å². The molecule has 0 atom stereocenters. The van der Waals surface area contributed by atoms with Crippen LogP contribution in [0.25, 0.3) is 32.7 Å². The molecule has 0 bridgehead atoms. The fourth-order valence-corrected chi connectivity index (χ4v) is 3.49. The van der Waals surface area contributed by atoms with Crippen LogP contribution in [0, 0.1) is 13.0 Å². The Bertz CT molecular complexity index is 1130. The Morgan fingerprint density at radius 3 is 2.14 bits per heavy atom. The van der Waals surface area contributed by atoms with Crippen LogP contribution in [0.4, 0.5) is 0 Å². The molecule has 4 aromatic rings. The van der Waals surface area contributed by atoms with Crippen LogP contribution >= 0.6 is 0 Å². The molecule has 0 aliphatic carbocycles. The minimum atomic E-state index is 0. The molecule has 0 N–H and O–H groups in total. The molecule has 0 nitrogen and oxygen atoms in total.